The lowest BCUT2D eigenvalue weighted by Crippen LogP contribution is -1.94. The SMILES string of the molecule is [2H]c1c([2H])c([2H])c(-n2c3c([2H])c([2H])c([2H])c([2H])c3c3c([2H])c(-c4c([2H])c([2H])c5c(c4[2H])c4c([2H])c([2H])c(C)c([2H])c4n5-c4c([2H])c([2H])c5c([2H])c([2H])c([2H])c([2H])c5c4[2H])c([2H])c([2H])c32)c([2H])c1[2H]. The molecule has 0 radical (unpaired) electrons. The first-order valence-electron chi connectivity index (χ1n) is 25.3. The molecule has 43 heavy (non-hydrogen) atoms. The van der Waals surface area contributed by atoms with E-state index in [0.717, 1.165) is 9.13 Å². The molecule has 0 aliphatic heterocycles. The maximum Gasteiger partial charge on any atom is 0.0651 e. The number of rotatable bonds is 3. The summed E-state index contributed by atoms with van der Waals surface area (Å²) in [4.78, 5) is 0. The molecular formula is C41H28N2. The van der Waals surface area contributed by atoms with Crippen molar-refractivity contribution in [2.45, 2.75) is 6.92 Å². The van der Waals surface area contributed by atoms with E-state index in [0.29, 0.717) is 0 Å². The number of hydrogen-bond acceptors (Lipinski definition) is 0. The molecule has 0 fully saturated rings. The zero-order valence-corrected chi connectivity index (χ0v) is 21.9. The quantitative estimate of drug-likeness (QED) is 0.199. The van der Waals surface area contributed by atoms with E-state index < -0.39 is 228 Å². The van der Waals surface area contributed by atoms with Crippen LogP contribution in [0.5, 0.6) is 0 Å². The average molecular weight is 574 g/mol. The molecule has 2 nitrogen and oxygen atoms in total. The van der Waals surface area contributed by atoms with Gasteiger partial charge in [-0.3, -0.25) is 0 Å². The molecule has 0 saturated carbocycles. The monoisotopic (exact) mass is 573 g/mol. The van der Waals surface area contributed by atoms with Crippen LogP contribution in [0.3, 0.4) is 0 Å². The molecule has 9 aromatic rings. The standard InChI is InChI=1S/C41H28N2/c1-27-15-20-35-37-26-31(18-22-40(37)43(41(35)23-27)33-19-16-28-9-5-6-10-29(28)24-33)30-17-21-39-36(25-30)34-13-7-8-14-38(34)42(39)32-11-3-2-4-12-32/h2-26H,1H3/i2D,3D,4D,5D,6D,7D,8D,9D,10D,11D,12D,13D,14D,15D,16D,17D,18D,19D,20D,21D,22D,23D,24D,25D,26D. The summed E-state index contributed by atoms with van der Waals surface area (Å²) in [5.74, 6) is 0. The van der Waals surface area contributed by atoms with Crippen molar-refractivity contribution in [2.24, 2.45) is 0 Å². The van der Waals surface area contributed by atoms with Crippen molar-refractivity contribution in [3.05, 3.63) is 157 Å². The minimum atomic E-state index is -0.965. The van der Waals surface area contributed by atoms with Crippen LogP contribution in [-0.4, -0.2) is 9.13 Å². The summed E-state index contributed by atoms with van der Waals surface area (Å²) in [6, 6.07) is -20.3. The third-order valence-electron chi connectivity index (χ3n) is 6.99. The van der Waals surface area contributed by atoms with Gasteiger partial charge in [-0.25, -0.2) is 0 Å². The molecule has 2 aromatic heterocycles. The fraction of sp³-hybridized carbons (Fsp3) is 0.0244. The van der Waals surface area contributed by atoms with E-state index in [1.54, 1.807) is 0 Å². The summed E-state index contributed by atoms with van der Waals surface area (Å²) >= 11 is 0. The molecule has 7 aromatic carbocycles. The van der Waals surface area contributed by atoms with Crippen LogP contribution in [0.1, 0.15) is 39.8 Å². The summed E-state index contributed by atoms with van der Waals surface area (Å²) in [6.45, 7) is 1.31. The summed E-state index contributed by atoms with van der Waals surface area (Å²) in [6.07, 6.45) is 0. The lowest BCUT2D eigenvalue weighted by molar-refractivity contribution is 1.18. The van der Waals surface area contributed by atoms with Gasteiger partial charge in [0.15, 0.2) is 0 Å². The van der Waals surface area contributed by atoms with Crippen molar-refractivity contribution < 1.29 is 34.3 Å². The van der Waals surface area contributed by atoms with Crippen molar-refractivity contribution in [1.29, 1.82) is 0 Å². The smallest absolute Gasteiger partial charge is 0.0651 e. The maximum absolute atomic E-state index is 9.78. The van der Waals surface area contributed by atoms with Crippen LogP contribution in [-0.2, 0) is 0 Å². The van der Waals surface area contributed by atoms with Gasteiger partial charge in [0.2, 0.25) is 0 Å². The van der Waals surface area contributed by atoms with Crippen LogP contribution in [0.4, 0.5) is 0 Å². The molecule has 2 heteroatoms. The van der Waals surface area contributed by atoms with Gasteiger partial charge in [-0.15, -0.1) is 0 Å². The number of fused-ring (bicyclic) bond motifs is 7. The fourth-order valence-electron chi connectivity index (χ4n) is 5.15. The Morgan fingerprint density at radius 2 is 1.00 bits per heavy atom. The highest BCUT2D eigenvalue weighted by Crippen LogP contribution is 2.38. The second kappa shape index (κ2) is 9.20. The van der Waals surface area contributed by atoms with Gasteiger partial charge in [0, 0.05) is 32.9 Å². The van der Waals surface area contributed by atoms with E-state index in [1.165, 1.54) is 6.92 Å². The van der Waals surface area contributed by atoms with Gasteiger partial charge in [-0.2, -0.15) is 0 Å². The Morgan fingerprint density at radius 3 is 1.77 bits per heavy atom. The van der Waals surface area contributed by atoms with E-state index in [9.17, 15) is 12.3 Å². The van der Waals surface area contributed by atoms with Crippen LogP contribution < -0.4 is 0 Å². The van der Waals surface area contributed by atoms with E-state index in [-0.39, 0.29) is 5.56 Å². The highest BCUT2D eigenvalue weighted by molar-refractivity contribution is 6.13. The maximum atomic E-state index is 9.78. The fourth-order valence-corrected chi connectivity index (χ4v) is 5.15. The lowest BCUT2D eigenvalue weighted by atomic mass is 10.0. The third-order valence-corrected chi connectivity index (χ3v) is 6.99. The topological polar surface area (TPSA) is 9.86 Å². The van der Waals surface area contributed by atoms with Crippen LogP contribution in [0.2, 0.25) is 0 Å². The zero-order valence-electron chi connectivity index (χ0n) is 46.9. The van der Waals surface area contributed by atoms with Crippen molar-refractivity contribution in [2.75, 3.05) is 0 Å². The van der Waals surface area contributed by atoms with Crippen molar-refractivity contribution in [3.8, 4) is 22.5 Å². The number of hydrogen-bond donors (Lipinski definition) is 0. The summed E-state index contributed by atoms with van der Waals surface area (Å²) in [5.41, 5.74) is -5.04. The number of nitrogens with zero attached hydrogens (tertiary/aromatic N) is 2. The Morgan fingerprint density at radius 1 is 0.395 bits per heavy atom. The largest absolute Gasteiger partial charge is 0.309 e. The van der Waals surface area contributed by atoms with Gasteiger partial charge in [-0.1, -0.05) is 90.6 Å². The Balaban J connectivity index is 1.53. The van der Waals surface area contributed by atoms with Crippen molar-refractivity contribution in [1.82, 2.24) is 9.13 Å². The number of para-hydroxylation sites is 2. The molecule has 0 saturated heterocycles. The molecule has 9 rings (SSSR count). The first-order valence-corrected chi connectivity index (χ1v) is 12.8. The molecule has 0 unspecified atom stereocenters. The molecule has 0 N–H and O–H groups in total. The van der Waals surface area contributed by atoms with E-state index in [1.807, 2.05) is 0 Å². The lowest BCUT2D eigenvalue weighted by Gasteiger charge is -2.10. The Kier molecular flexibility index (Phi) is 2.14. The average Bonchev–Trinajstić information content (AvgIpc) is 3.84. The van der Waals surface area contributed by atoms with Gasteiger partial charge < -0.3 is 9.13 Å². The van der Waals surface area contributed by atoms with E-state index in [4.69, 9.17) is 21.9 Å². The van der Waals surface area contributed by atoms with Gasteiger partial charge in [0.25, 0.3) is 0 Å². The summed E-state index contributed by atoms with van der Waals surface area (Å²) in [7, 11) is 0. The highest BCUT2D eigenvalue weighted by atomic mass is 15.0. The second-order valence-electron chi connectivity index (χ2n) is 9.51. The second-order valence-corrected chi connectivity index (χ2v) is 9.51. The van der Waals surface area contributed by atoms with Crippen LogP contribution in [0.15, 0.2) is 151 Å². The molecule has 0 aliphatic carbocycles. The summed E-state index contributed by atoms with van der Waals surface area (Å²) in [5, 5.41) is -3.00. The van der Waals surface area contributed by atoms with Crippen LogP contribution in [0.25, 0.3) is 76.9 Å². The summed E-state index contributed by atoms with van der Waals surface area (Å²) < 4.78 is 225. The molecule has 202 valence electrons. The minimum Gasteiger partial charge on any atom is -0.309 e. The van der Waals surface area contributed by atoms with Gasteiger partial charge in [0.05, 0.1) is 56.3 Å². The third kappa shape index (κ3) is 3.67. The zero-order chi connectivity index (χ0) is 50.2. The number of benzene rings is 7. The Bertz CT molecular complexity index is 3890. The molecule has 0 spiro atoms. The Labute approximate surface area is 284 Å². The van der Waals surface area contributed by atoms with Gasteiger partial charge in [-0.05, 0) is 94.8 Å². The molecule has 0 aliphatic rings. The predicted octanol–water partition coefficient (Wildman–Crippen LogP) is 11.0. The molecule has 2 heterocycles. The first kappa shape index (κ1) is 10.00. The molecule has 0 bridgehead atoms. The molecular weight excluding hydrogens is 520 g/mol. The van der Waals surface area contributed by atoms with Crippen LogP contribution >= 0.6 is 0 Å². The van der Waals surface area contributed by atoms with Gasteiger partial charge in [0.1, 0.15) is 0 Å². The normalized spacial score (nSPS) is 20.0. The molecule has 0 amide bonds. The van der Waals surface area contributed by atoms with E-state index in [2.05, 4.69) is 0 Å². The van der Waals surface area contributed by atoms with Gasteiger partial charge >= 0.3 is 0 Å². The van der Waals surface area contributed by atoms with Crippen molar-refractivity contribution in [3.63, 3.8) is 0 Å². The Hall–Kier alpha value is -5.60. The molecule has 0 atom stereocenters. The van der Waals surface area contributed by atoms with E-state index >= 15 is 0 Å². The minimum absolute atomic E-state index is 0.131. The first-order chi connectivity index (χ1) is 31.7. The van der Waals surface area contributed by atoms with Crippen molar-refractivity contribution >= 4 is 54.4 Å². The van der Waals surface area contributed by atoms with Crippen LogP contribution in [0, 0.1) is 6.92 Å². The highest BCUT2D eigenvalue weighted by Gasteiger charge is 2.16. The predicted molar refractivity (Wildman–Crippen MR) is 183 cm³/mol. The number of aromatic nitrogens is 2.